The van der Waals surface area contributed by atoms with Crippen LogP contribution in [0.4, 0.5) is 0 Å². The van der Waals surface area contributed by atoms with Gasteiger partial charge in [0.15, 0.2) is 4.84 Å². The van der Waals surface area contributed by atoms with Crippen molar-refractivity contribution in [1.29, 1.82) is 0 Å². The van der Waals surface area contributed by atoms with Gasteiger partial charge in [0.05, 0.1) is 0 Å². The Balaban J connectivity index is 2.72. The van der Waals surface area contributed by atoms with E-state index >= 15 is 0 Å². The highest BCUT2D eigenvalue weighted by atomic mass is 35.5. The average Bonchev–Trinajstić information content (AvgIpc) is 2.30. The average molecular weight is 274 g/mol. The van der Waals surface area contributed by atoms with Crippen LogP contribution in [0.1, 0.15) is 24.5 Å². The zero-order valence-electron chi connectivity index (χ0n) is 10.1. The second-order valence-electron chi connectivity index (χ2n) is 4.05. The summed E-state index contributed by atoms with van der Waals surface area (Å²) in [6.07, 6.45) is 0.887. The first-order chi connectivity index (χ1) is 8.04. The maximum absolute atomic E-state index is 11.8. The minimum Gasteiger partial charge on any atom is -0.336 e. The molecule has 0 radical (unpaired) electrons. The Morgan fingerprint density at radius 1 is 1.29 bits per heavy atom. The highest BCUT2D eigenvalue weighted by molar-refractivity contribution is 6.53. The maximum atomic E-state index is 11.8. The van der Waals surface area contributed by atoms with Gasteiger partial charge in [-0.15, -0.1) is 0 Å². The fourth-order valence-electron chi connectivity index (χ4n) is 1.59. The largest absolute Gasteiger partial charge is 0.336 e. The molecule has 1 rings (SSSR count). The number of rotatable bonds is 5. The van der Waals surface area contributed by atoms with Crippen molar-refractivity contribution in [3.8, 4) is 0 Å². The molecule has 0 saturated heterocycles. The summed E-state index contributed by atoms with van der Waals surface area (Å²) in [4.78, 5) is 12.5. The first kappa shape index (κ1) is 14.3. The molecule has 0 fully saturated rings. The first-order valence-corrected chi connectivity index (χ1v) is 6.54. The van der Waals surface area contributed by atoms with Crippen LogP contribution < -0.4 is 0 Å². The van der Waals surface area contributed by atoms with E-state index in [9.17, 15) is 4.79 Å². The van der Waals surface area contributed by atoms with Crippen LogP contribution in [0.2, 0.25) is 0 Å². The van der Waals surface area contributed by atoms with Crippen LogP contribution in [0.5, 0.6) is 0 Å². The standard InChI is InChI=1S/C13H17Cl2NO/c1-3-8-16(13(17)12(14)15)9-11-6-4-10(2)5-7-11/h4-7,12H,3,8-9H2,1-2H3. The second-order valence-corrected chi connectivity index (χ2v) is 5.14. The summed E-state index contributed by atoms with van der Waals surface area (Å²) in [5, 5.41) is 0. The van der Waals surface area contributed by atoms with Gasteiger partial charge in [0.1, 0.15) is 0 Å². The zero-order valence-corrected chi connectivity index (χ0v) is 11.6. The third-order valence-corrected chi connectivity index (χ3v) is 2.86. The number of benzene rings is 1. The van der Waals surface area contributed by atoms with Gasteiger partial charge in [0.2, 0.25) is 0 Å². The lowest BCUT2D eigenvalue weighted by molar-refractivity contribution is -0.130. The van der Waals surface area contributed by atoms with Crippen molar-refractivity contribution in [1.82, 2.24) is 4.90 Å². The van der Waals surface area contributed by atoms with E-state index in [2.05, 4.69) is 0 Å². The van der Waals surface area contributed by atoms with E-state index in [4.69, 9.17) is 23.2 Å². The number of aryl methyl sites for hydroxylation is 1. The van der Waals surface area contributed by atoms with Gasteiger partial charge in [-0.05, 0) is 18.9 Å². The van der Waals surface area contributed by atoms with Crippen LogP contribution in [-0.4, -0.2) is 22.2 Å². The van der Waals surface area contributed by atoms with Gasteiger partial charge in [-0.25, -0.2) is 0 Å². The zero-order chi connectivity index (χ0) is 12.8. The summed E-state index contributed by atoms with van der Waals surface area (Å²) >= 11 is 11.2. The quantitative estimate of drug-likeness (QED) is 0.752. The third kappa shape index (κ3) is 4.57. The molecule has 1 aromatic carbocycles. The second kappa shape index (κ2) is 6.87. The topological polar surface area (TPSA) is 20.3 Å². The van der Waals surface area contributed by atoms with E-state index in [-0.39, 0.29) is 5.91 Å². The molecule has 0 aromatic heterocycles. The van der Waals surface area contributed by atoms with Gasteiger partial charge in [0, 0.05) is 13.1 Å². The fraction of sp³-hybridized carbons (Fsp3) is 0.462. The Labute approximate surface area is 113 Å². The highest BCUT2D eigenvalue weighted by Crippen LogP contribution is 2.12. The fourth-order valence-corrected chi connectivity index (χ4v) is 1.87. The predicted molar refractivity (Wildman–Crippen MR) is 72.4 cm³/mol. The van der Waals surface area contributed by atoms with Crippen LogP contribution in [0.15, 0.2) is 24.3 Å². The van der Waals surface area contributed by atoms with E-state index in [1.807, 2.05) is 38.1 Å². The van der Waals surface area contributed by atoms with E-state index in [0.717, 1.165) is 12.0 Å². The number of carbonyl (C=O) groups excluding carboxylic acids is 1. The van der Waals surface area contributed by atoms with Gasteiger partial charge < -0.3 is 4.90 Å². The molecule has 2 nitrogen and oxygen atoms in total. The normalized spacial score (nSPS) is 10.6. The van der Waals surface area contributed by atoms with Crippen molar-refractivity contribution in [2.45, 2.75) is 31.6 Å². The van der Waals surface area contributed by atoms with E-state index in [1.54, 1.807) is 4.90 Å². The molecule has 0 heterocycles. The van der Waals surface area contributed by atoms with Crippen LogP contribution in [0, 0.1) is 6.92 Å². The van der Waals surface area contributed by atoms with Crippen molar-refractivity contribution < 1.29 is 4.79 Å². The summed E-state index contributed by atoms with van der Waals surface area (Å²) < 4.78 is 0. The number of amides is 1. The smallest absolute Gasteiger partial charge is 0.256 e. The van der Waals surface area contributed by atoms with E-state index < -0.39 is 4.84 Å². The number of hydrogen-bond acceptors (Lipinski definition) is 1. The molecular formula is C13H17Cl2NO. The Morgan fingerprint density at radius 3 is 2.35 bits per heavy atom. The number of nitrogens with zero attached hydrogens (tertiary/aromatic N) is 1. The summed E-state index contributed by atoms with van der Waals surface area (Å²) in [5.41, 5.74) is 2.29. The van der Waals surface area contributed by atoms with Crippen LogP contribution in [0.25, 0.3) is 0 Å². The Kier molecular flexibility index (Phi) is 5.79. The molecule has 17 heavy (non-hydrogen) atoms. The molecule has 0 atom stereocenters. The molecule has 4 heteroatoms. The van der Waals surface area contributed by atoms with Crippen LogP contribution in [0.3, 0.4) is 0 Å². The number of hydrogen-bond donors (Lipinski definition) is 0. The number of carbonyl (C=O) groups is 1. The minimum atomic E-state index is -0.980. The van der Waals surface area contributed by atoms with Gasteiger partial charge in [0.25, 0.3) is 5.91 Å². The first-order valence-electron chi connectivity index (χ1n) is 5.67. The highest BCUT2D eigenvalue weighted by Gasteiger charge is 2.19. The van der Waals surface area contributed by atoms with Gasteiger partial charge in [-0.1, -0.05) is 60.0 Å². The summed E-state index contributed by atoms with van der Waals surface area (Å²) in [6.45, 7) is 5.28. The summed E-state index contributed by atoms with van der Waals surface area (Å²) in [6, 6.07) is 8.09. The van der Waals surface area contributed by atoms with Crippen LogP contribution >= 0.6 is 23.2 Å². The molecule has 0 aliphatic carbocycles. The third-order valence-electron chi connectivity index (χ3n) is 2.49. The molecule has 94 valence electrons. The van der Waals surface area contributed by atoms with Crippen LogP contribution in [-0.2, 0) is 11.3 Å². The molecule has 0 bridgehead atoms. The molecular weight excluding hydrogens is 257 g/mol. The molecule has 1 aromatic rings. The number of halogens is 2. The monoisotopic (exact) mass is 273 g/mol. The molecule has 0 aliphatic rings. The molecule has 0 saturated carbocycles. The lowest BCUT2D eigenvalue weighted by Gasteiger charge is -2.22. The Morgan fingerprint density at radius 2 is 1.88 bits per heavy atom. The Bertz CT molecular complexity index is 362. The SMILES string of the molecule is CCCN(Cc1ccc(C)cc1)C(=O)C(Cl)Cl. The van der Waals surface area contributed by atoms with Crippen molar-refractivity contribution in [2.24, 2.45) is 0 Å². The molecule has 0 spiro atoms. The lowest BCUT2D eigenvalue weighted by atomic mass is 10.1. The van der Waals surface area contributed by atoms with Gasteiger partial charge >= 0.3 is 0 Å². The van der Waals surface area contributed by atoms with Crippen molar-refractivity contribution in [3.05, 3.63) is 35.4 Å². The predicted octanol–water partition coefficient (Wildman–Crippen LogP) is 3.54. The minimum absolute atomic E-state index is 0.226. The van der Waals surface area contributed by atoms with Gasteiger partial charge in [-0.3, -0.25) is 4.79 Å². The molecule has 0 aliphatic heterocycles. The van der Waals surface area contributed by atoms with Crippen molar-refractivity contribution in [2.75, 3.05) is 6.54 Å². The summed E-state index contributed by atoms with van der Waals surface area (Å²) in [7, 11) is 0. The maximum Gasteiger partial charge on any atom is 0.256 e. The molecule has 1 amide bonds. The molecule has 0 unspecified atom stereocenters. The number of alkyl halides is 2. The van der Waals surface area contributed by atoms with Crippen molar-refractivity contribution in [3.63, 3.8) is 0 Å². The van der Waals surface area contributed by atoms with Crippen molar-refractivity contribution >= 4 is 29.1 Å². The summed E-state index contributed by atoms with van der Waals surface area (Å²) in [5.74, 6) is -0.226. The lowest BCUT2D eigenvalue weighted by Crippen LogP contribution is -2.35. The van der Waals surface area contributed by atoms with E-state index in [1.165, 1.54) is 5.56 Å². The Hall–Kier alpha value is -0.730. The van der Waals surface area contributed by atoms with Gasteiger partial charge in [-0.2, -0.15) is 0 Å². The van der Waals surface area contributed by atoms with E-state index in [0.29, 0.717) is 13.1 Å². The molecule has 0 N–H and O–H groups in total.